The molecule has 2 N–H and O–H groups in total. The molecule has 5 rings (SSSR count). The van der Waals surface area contributed by atoms with E-state index in [1.165, 1.54) is 13.2 Å². The molecule has 8 nitrogen and oxygen atoms in total. The summed E-state index contributed by atoms with van der Waals surface area (Å²) in [6.45, 7) is 0. The topological polar surface area (TPSA) is 113 Å². The van der Waals surface area contributed by atoms with Crippen molar-refractivity contribution in [2.45, 2.75) is 28.5 Å². The van der Waals surface area contributed by atoms with Gasteiger partial charge in [0.05, 0.1) is 24.4 Å². The molecule has 0 bridgehead atoms. The molecule has 0 spiro atoms. The van der Waals surface area contributed by atoms with Gasteiger partial charge in [-0.05, 0) is 30.9 Å². The van der Waals surface area contributed by atoms with Crippen LogP contribution < -0.4 is 10.1 Å². The summed E-state index contributed by atoms with van der Waals surface area (Å²) in [6.07, 6.45) is 1.94. The molecule has 1 saturated carbocycles. The van der Waals surface area contributed by atoms with Crippen molar-refractivity contribution in [3.05, 3.63) is 35.4 Å². The second-order valence-electron chi connectivity index (χ2n) is 8.73. The normalized spacial score (nSPS) is 37.3. The highest BCUT2D eigenvalue weighted by molar-refractivity contribution is 9.09. The minimum absolute atomic E-state index is 0.105. The number of phenolic OH excluding ortho intramolecular Hbond substituents is 1. The Kier molecular flexibility index (Phi) is 5.12. The van der Waals surface area contributed by atoms with E-state index < -0.39 is 51.1 Å². The molecule has 2 aliphatic carbocycles. The molecule has 6 atom stereocenters. The molecule has 0 unspecified atom stereocenters. The number of likely N-dealkylation sites (tertiary alicyclic amines) is 1. The van der Waals surface area contributed by atoms with E-state index in [1.54, 1.807) is 18.2 Å². The van der Waals surface area contributed by atoms with Crippen LogP contribution in [0.5, 0.6) is 11.5 Å². The number of halogens is 3. The molecule has 0 radical (unpaired) electrons. The number of methoxy groups -OCH3 is 1. The van der Waals surface area contributed by atoms with E-state index in [2.05, 4.69) is 21.2 Å². The fraction of sp³-hybridized carbons (Fsp3) is 0.455. The van der Waals surface area contributed by atoms with Crippen molar-refractivity contribution in [2.24, 2.45) is 17.8 Å². The number of nitrogens with zero attached hydrogens (tertiary/aromatic N) is 1. The maximum atomic E-state index is 13.6. The smallest absolute Gasteiger partial charge is 0.254 e. The van der Waals surface area contributed by atoms with Gasteiger partial charge in [-0.2, -0.15) is 0 Å². The molecule has 4 aliphatic rings. The zero-order valence-corrected chi connectivity index (χ0v) is 20.4. The van der Waals surface area contributed by atoms with Crippen molar-refractivity contribution < 1.29 is 29.0 Å². The van der Waals surface area contributed by atoms with Gasteiger partial charge in [-0.1, -0.05) is 33.6 Å². The second-order valence-corrected chi connectivity index (χ2v) is 10.5. The number of ether oxygens (including phenoxy) is 1. The molecule has 2 heterocycles. The summed E-state index contributed by atoms with van der Waals surface area (Å²) in [4.78, 5) is 49.2. The van der Waals surface area contributed by atoms with Crippen LogP contribution in [0, 0.1) is 17.8 Å². The predicted molar refractivity (Wildman–Crippen MR) is 121 cm³/mol. The number of nitrogens with one attached hydrogen (secondary N) is 1. The molecule has 4 amide bonds. The number of carbonyl (C=O) groups excluding carboxylic acids is 4. The monoisotopic (exact) mass is 556 g/mol. The first kappa shape index (κ1) is 22.7. The summed E-state index contributed by atoms with van der Waals surface area (Å²) in [5.74, 6) is -5.21. The number of benzene rings is 1. The largest absolute Gasteiger partial charge is 0.508 e. The van der Waals surface area contributed by atoms with Crippen LogP contribution in [0.2, 0.25) is 0 Å². The molecule has 11 heteroatoms. The molecule has 174 valence electrons. The number of imide groups is 2. The molecule has 1 aromatic carbocycles. The van der Waals surface area contributed by atoms with Gasteiger partial charge in [-0.25, -0.2) is 0 Å². The minimum atomic E-state index is -1.99. The lowest BCUT2D eigenvalue weighted by Crippen LogP contribution is -2.60. The first-order valence-corrected chi connectivity index (χ1v) is 12.2. The van der Waals surface area contributed by atoms with Crippen molar-refractivity contribution in [1.82, 2.24) is 10.2 Å². The first-order chi connectivity index (χ1) is 15.6. The zero-order chi connectivity index (χ0) is 23.9. The summed E-state index contributed by atoms with van der Waals surface area (Å²) >= 11 is 17.3. The molecule has 2 saturated heterocycles. The lowest BCUT2D eigenvalue weighted by molar-refractivity contribution is -0.138. The third-order valence-electron chi connectivity index (χ3n) is 7.41. The molecule has 1 aromatic rings. The van der Waals surface area contributed by atoms with E-state index in [0.29, 0.717) is 5.57 Å². The molecular weight excluding hydrogens is 539 g/mol. The van der Waals surface area contributed by atoms with Crippen molar-refractivity contribution in [2.75, 3.05) is 12.6 Å². The van der Waals surface area contributed by atoms with E-state index >= 15 is 0 Å². The van der Waals surface area contributed by atoms with Crippen LogP contribution in [0.3, 0.4) is 0 Å². The number of carbonyl (C=O) groups is 4. The maximum Gasteiger partial charge on any atom is 0.254 e. The number of hydrogen-bond acceptors (Lipinski definition) is 6. The summed E-state index contributed by atoms with van der Waals surface area (Å²) < 4.78 is 5.48. The number of allylic oxidation sites excluding steroid dienone is 2. The van der Waals surface area contributed by atoms with Gasteiger partial charge in [0.25, 0.3) is 11.8 Å². The first-order valence-electron chi connectivity index (χ1n) is 10.3. The standard InChI is InChI=1S/C22H19BrCl2N2O6/c1-33-13-4-2-3-12(28)15(13)16-9-5-6-10-14(18(30)26-17(10)29)11(9)7-21(24)19(31)27(8-23)20(32)22(16,21)25/h2-5,10-11,14,16,28H,6-8H2,1H3,(H,26,29,30)/t10-,11+,14-,16+,21+,22-/m0/s1. The van der Waals surface area contributed by atoms with Gasteiger partial charge in [0, 0.05) is 11.5 Å². The van der Waals surface area contributed by atoms with Crippen LogP contribution in [0.4, 0.5) is 0 Å². The molecule has 3 fully saturated rings. The quantitative estimate of drug-likeness (QED) is 0.255. The fourth-order valence-electron chi connectivity index (χ4n) is 5.98. The van der Waals surface area contributed by atoms with Crippen molar-refractivity contribution in [1.29, 1.82) is 0 Å². The molecular formula is C22H19BrCl2N2O6. The van der Waals surface area contributed by atoms with Crippen LogP contribution in [0.25, 0.3) is 0 Å². The summed E-state index contributed by atoms with van der Waals surface area (Å²) in [6, 6.07) is 4.61. The van der Waals surface area contributed by atoms with E-state index in [-0.39, 0.29) is 41.3 Å². The Balaban J connectivity index is 1.81. The third-order valence-corrected chi connectivity index (χ3v) is 9.32. The van der Waals surface area contributed by atoms with Crippen LogP contribution in [-0.2, 0) is 19.2 Å². The third kappa shape index (κ3) is 2.70. The number of phenols is 1. The van der Waals surface area contributed by atoms with E-state index in [9.17, 15) is 24.3 Å². The van der Waals surface area contributed by atoms with Crippen molar-refractivity contribution in [3.8, 4) is 11.5 Å². The Morgan fingerprint density at radius 2 is 1.91 bits per heavy atom. The van der Waals surface area contributed by atoms with Crippen molar-refractivity contribution >= 4 is 62.8 Å². The highest BCUT2D eigenvalue weighted by Gasteiger charge is 2.76. The lowest BCUT2D eigenvalue weighted by atomic mass is 9.56. The van der Waals surface area contributed by atoms with Gasteiger partial charge >= 0.3 is 0 Å². The van der Waals surface area contributed by atoms with Crippen LogP contribution in [0.1, 0.15) is 24.3 Å². The van der Waals surface area contributed by atoms with Gasteiger partial charge in [0.15, 0.2) is 9.75 Å². The van der Waals surface area contributed by atoms with E-state index in [4.69, 9.17) is 27.9 Å². The molecule has 2 aliphatic heterocycles. The fourth-order valence-corrected chi connectivity index (χ4v) is 7.39. The highest BCUT2D eigenvalue weighted by atomic mass is 79.9. The van der Waals surface area contributed by atoms with E-state index in [0.717, 1.165) is 4.90 Å². The van der Waals surface area contributed by atoms with E-state index in [1.807, 2.05) is 0 Å². The number of rotatable bonds is 3. The average Bonchev–Trinajstić information content (AvgIpc) is 3.15. The number of fused-ring (bicyclic) bond motifs is 4. The summed E-state index contributed by atoms with van der Waals surface area (Å²) in [7, 11) is 1.41. The van der Waals surface area contributed by atoms with Gasteiger partial charge in [0.2, 0.25) is 11.8 Å². The average molecular weight is 558 g/mol. The zero-order valence-electron chi connectivity index (χ0n) is 17.3. The Hall–Kier alpha value is -2.10. The Morgan fingerprint density at radius 1 is 1.18 bits per heavy atom. The summed E-state index contributed by atoms with van der Waals surface area (Å²) in [5, 5.41) is 13.2. The number of hydrogen-bond donors (Lipinski definition) is 2. The van der Waals surface area contributed by atoms with Gasteiger partial charge < -0.3 is 9.84 Å². The molecule has 0 aromatic heterocycles. The number of aromatic hydroxyl groups is 1. The predicted octanol–water partition coefficient (Wildman–Crippen LogP) is 2.40. The van der Waals surface area contributed by atoms with Gasteiger partial charge in [0.1, 0.15) is 11.5 Å². The molecule has 33 heavy (non-hydrogen) atoms. The lowest BCUT2D eigenvalue weighted by Gasteiger charge is -2.50. The SMILES string of the molecule is COc1cccc(O)c1[C@H]1C2=CC[C@@H]3C(=O)NC(=O)[C@@H]3[C@@H]2C[C@@]2(Cl)C(=O)N(CBr)C(=O)[C@@]12Cl. The van der Waals surface area contributed by atoms with Crippen LogP contribution >= 0.6 is 39.1 Å². The Morgan fingerprint density at radius 3 is 2.58 bits per heavy atom. The maximum absolute atomic E-state index is 13.6. The van der Waals surface area contributed by atoms with Gasteiger partial charge in [-0.3, -0.25) is 29.4 Å². The van der Waals surface area contributed by atoms with Crippen LogP contribution in [0.15, 0.2) is 29.8 Å². The van der Waals surface area contributed by atoms with Crippen molar-refractivity contribution in [3.63, 3.8) is 0 Å². The van der Waals surface area contributed by atoms with Gasteiger partial charge in [-0.15, -0.1) is 23.2 Å². The minimum Gasteiger partial charge on any atom is -0.508 e. The Bertz CT molecular complexity index is 1160. The number of alkyl halides is 3. The highest BCUT2D eigenvalue weighted by Crippen LogP contribution is 2.66. The Labute approximate surface area is 207 Å². The summed E-state index contributed by atoms with van der Waals surface area (Å²) in [5.41, 5.74) is 0.675. The van der Waals surface area contributed by atoms with Crippen LogP contribution in [-0.4, -0.2) is 55.9 Å². The second kappa shape index (κ2) is 7.45. The number of amides is 4.